The highest BCUT2D eigenvalue weighted by atomic mass is 28.3. The van der Waals surface area contributed by atoms with E-state index >= 15 is 0 Å². The van der Waals surface area contributed by atoms with E-state index in [1.54, 1.807) is 0 Å². The van der Waals surface area contributed by atoms with E-state index < -0.39 is 8.07 Å². The minimum absolute atomic E-state index is 0.742. The van der Waals surface area contributed by atoms with Crippen molar-refractivity contribution in [2.24, 2.45) is 29.6 Å². The predicted octanol–water partition coefficient (Wildman–Crippen LogP) is 6.93. The molecule has 4 aliphatic rings. The summed E-state index contributed by atoms with van der Waals surface area (Å²) in [7, 11) is -1.33. The van der Waals surface area contributed by atoms with Gasteiger partial charge in [-0.2, -0.15) is 0 Å². The second-order valence-electron chi connectivity index (χ2n) is 9.44. The number of hydrogen-bond donors (Lipinski definition) is 0. The summed E-state index contributed by atoms with van der Waals surface area (Å²) in [5.41, 5.74) is 1.93. The molecule has 0 N–H and O–H groups in total. The van der Waals surface area contributed by atoms with Gasteiger partial charge in [0.1, 0.15) is 0 Å². The molecule has 25 heavy (non-hydrogen) atoms. The van der Waals surface area contributed by atoms with Crippen LogP contribution in [-0.4, -0.2) is 8.07 Å². The van der Waals surface area contributed by atoms with Gasteiger partial charge >= 0.3 is 0 Å². The van der Waals surface area contributed by atoms with Crippen LogP contribution < -0.4 is 0 Å². The SMILES string of the molecule is C=CCCC1CCC([Si](C)(C)C2C3C=CC=CC3C3C=CC=CC32)C1. The van der Waals surface area contributed by atoms with Crippen LogP contribution in [0.1, 0.15) is 32.1 Å². The summed E-state index contributed by atoms with van der Waals surface area (Å²) in [5.74, 6) is 4.01. The number of allylic oxidation sites excluding steroid dienone is 9. The van der Waals surface area contributed by atoms with Crippen LogP contribution in [0.3, 0.4) is 0 Å². The lowest BCUT2D eigenvalue weighted by Crippen LogP contribution is -2.42. The molecule has 0 aliphatic heterocycles. The molecule has 1 heteroatoms. The van der Waals surface area contributed by atoms with Crippen LogP contribution in [0.15, 0.2) is 61.3 Å². The molecule has 0 radical (unpaired) electrons. The van der Waals surface area contributed by atoms with Gasteiger partial charge in [-0.25, -0.2) is 0 Å². The lowest BCUT2D eigenvalue weighted by Gasteiger charge is -2.42. The topological polar surface area (TPSA) is 0 Å². The molecule has 0 saturated heterocycles. The maximum Gasteiger partial charge on any atom is 0.0548 e. The third-order valence-corrected chi connectivity index (χ3v) is 13.1. The van der Waals surface area contributed by atoms with E-state index in [1.807, 2.05) is 0 Å². The molecule has 134 valence electrons. The van der Waals surface area contributed by atoms with Gasteiger partial charge in [-0.05, 0) is 59.9 Å². The summed E-state index contributed by atoms with van der Waals surface area (Å²) < 4.78 is 0. The summed E-state index contributed by atoms with van der Waals surface area (Å²) >= 11 is 0. The Morgan fingerprint density at radius 2 is 1.44 bits per heavy atom. The Morgan fingerprint density at radius 1 is 0.880 bits per heavy atom. The molecule has 4 rings (SSSR count). The molecule has 0 heterocycles. The standard InChI is InChI=1S/C24H34Si/c1-4-5-10-18-15-16-19(17-18)25(2,3)24-22-13-8-6-11-20(22)21-12-7-9-14-23(21)24/h4,6-9,11-14,18-24H,1,5,10,15-17H2,2-3H3. The predicted molar refractivity (Wildman–Crippen MR) is 112 cm³/mol. The quantitative estimate of drug-likeness (QED) is 0.372. The monoisotopic (exact) mass is 350 g/mol. The number of rotatable bonds is 5. The average Bonchev–Trinajstić information content (AvgIpc) is 3.23. The van der Waals surface area contributed by atoms with Gasteiger partial charge in [0.05, 0.1) is 8.07 Å². The maximum absolute atomic E-state index is 3.92. The molecule has 2 fully saturated rings. The van der Waals surface area contributed by atoms with Gasteiger partial charge in [-0.15, -0.1) is 6.58 Å². The summed E-state index contributed by atoms with van der Waals surface area (Å²) in [6.45, 7) is 9.39. The first-order valence-corrected chi connectivity index (χ1v) is 13.6. The van der Waals surface area contributed by atoms with Crippen LogP contribution in [0, 0.1) is 29.6 Å². The minimum atomic E-state index is -1.33. The fraction of sp³-hybridized carbons (Fsp3) is 0.583. The minimum Gasteiger partial charge on any atom is -0.103 e. The molecule has 0 spiro atoms. The first-order valence-electron chi connectivity index (χ1n) is 10.4. The zero-order valence-electron chi connectivity index (χ0n) is 16.0. The van der Waals surface area contributed by atoms with E-state index in [1.165, 1.54) is 32.1 Å². The van der Waals surface area contributed by atoms with Crippen LogP contribution >= 0.6 is 0 Å². The van der Waals surface area contributed by atoms with Crippen molar-refractivity contribution in [3.05, 3.63) is 61.3 Å². The molecule has 0 aromatic rings. The highest BCUT2D eigenvalue weighted by molar-refractivity contribution is 6.80. The van der Waals surface area contributed by atoms with Crippen molar-refractivity contribution in [2.45, 2.75) is 56.3 Å². The van der Waals surface area contributed by atoms with Gasteiger partial charge in [-0.1, -0.05) is 80.6 Å². The largest absolute Gasteiger partial charge is 0.103 e. The molecule has 0 aromatic carbocycles. The van der Waals surface area contributed by atoms with Crippen LogP contribution in [0.2, 0.25) is 24.2 Å². The Morgan fingerprint density at radius 3 is 2.00 bits per heavy atom. The van der Waals surface area contributed by atoms with Gasteiger partial charge < -0.3 is 0 Å². The van der Waals surface area contributed by atoms with Crippen molar-refractivity contribution in [3.63, 3.8) is 0 Å². The van der Waals surface area contributed by atoms with Crippen molar-refractivity contribution in [1.82, 2.24) is 0 Å². The molecule has 0 aromatic heterocycles. The lowest BCUT2D eigenvalue weighted by molar-refractivity contribution is 0.461. The molecule has 4 aliphatic carbocycles. The van der Waals surface area contributed by atoms with Crippen molar-refractivity contribution in [2.75, 3.05) is 0 Å². The summed E-state index contributed by atoms with van der Waals surface area (Å²) in [4.78, 5) is 0. The van der Waals surface area contributed by atoms with Gasteiger partial charge in [-0.3, -0.25) is 0 Å². The molecule has 0 nitrogen and oxygen atoms in total. The average molecular weight is 351 g/mol. The lowest BCUT2D eigenvalue weighted by atomic mass is 9.83. The first kappa shape index (κ1) is 17.3. The van der Waals surface area contributed by atoms with E-state index in [2.05, 4.69) is 74.4 Å². The summed E-state index contributed by atoms with van der Waals surface area (Å²) in [6.07, 6.45) is 28.5. The maximum atomic E-state index is 3.92. The van der Waals surface area contributed by atoms with E-state index in [9.17, 15) is 0 Å². The van der Waals surface area contributed by atoms with E-state index in [0.29, 0.717) is 0 Å². The smallest absolute Gasteiger partial charge is 0.0548 e. The number of hydrogen-bond acceptors (Lipinski definition) is 0. The number of fused-ring (bicyclic) bond motifs is 3. The molecular formula is C24H34Si. The fourth-order valence-corrected chi connectivity index (χ4v) is 11.7. The Kier molecular flexibility index (Phi) is 4.79. The third kappa shape index (κ3) is 2.99. The highest BCUT2D eigenvalue weighted by Gasteiger charge is 2.55. The molecule has 6 unspecified atom stereocenters. The fourth-order valence-electron chi connectivity index (χ4n) is 6.66. The van der Waals surface area contributed by atoms with Crippen molar-refractivity contribution in [1.29, 1.82) is 0 Å². The van der Waals surface area contributed by atoms with Gasteiger partial charge in [0.2, 0.25) is 0 Å². The van der Waals surface area contributed by atoms with E-state index in [4.69, 9.17) is 0 Å². The van der Waals surface area contributed by atoms with Gasteiger partial charge in [0, 0.05) is 0 Å². The van der Waals surface area contributed by atoms with Gasteiger partial charge in [0.15, 0.2) is 0 Å². The molecule has 0 bridgehead atoms. The van der Waals surface area contributed by atoms with E-state index in [-0.39, 0.29) is 0 Å². The van der Waals surface area contributed by atoms with Gasteiger partial charge in [0.25, 0.3) is 0 Å². The first-order chi connectivity index (χ1) is 12.1. The van der Waals surface area contributed by atoms with Crippen LogP contribution in [0.25, 0.3) is 0 Å². The normalized spacial score (nSPS) is 41.8. The van der Waals surface area contributed by atoms with E-state index in [0.717, 1.165) is 40.7 Å². The molecule has 0 amide bonds. The van der Waals surface area contributed by atoms with Crippen molar-refractivity contribution in [3.8, 4) is 0 Å². The van der Waals surface area contributed by atoms with Crippen molar-refractivity contribution >= 4 is 8.07 Å². The Labute approximate surface area is 155 Å². The zero-order valence-corrected chi connectivity index (χ0v) is 17.0. The molecule has 6 atom stereocenters. The Bertz CT molecular complexity index is 586. The zero-order chi connectivity index (χ0) is 17.4. The van der Waals surface area contributed by atoms with Crippen molar-refractivity contribution < 1.29 is 0 Å². The Balaban J connectivity index is 1.57. The second kappa shape index (κ2) is 6.91. The molecular weight excluding hydrogens is 316 g/mol. The second-order valence-corrected chi connectivity index (χ2v) is 14.6. The molecule has 2 saturated carbocycles. The third-order valence-electron chi connectivity index (χ3n) is 7.95. The summed E-state index contributed by atoms with van der Waals surface area (Å²) in [6, 6.07) is 0. The van der Waals surface area contributed by atoms with Crippen LogP contribution in [0.4, 0.5) is 0 Å². The summed E-state index contributed by atoms with van der Waals surface area (Å²) in [5, 5.41) is 0. The highest BCUT2D eigenvalue weighted by Crippen LogP contribution is 2.62. The van der Waals surface area contributed by atoms with Crippen LogP contribution in [0.5, 0.6) is 0 Å². The van der Waals surface area contributed by atoms with Crippen LogP contribution in [-0.2, 0) is 0 Å². The Hall–Kier alpha value is -1.08.